The van der Waals surface area contributed by atoms with Crippen LogP contribution in [0.1, 0.15) is 5.56 Å². The van der Waals surface area contributed by atoms with Gasteiger partial charge in [0.15, 0.2) is 0 Å². The second kappa shape index (κ2) is 6.17. The Morgan fingerprint density at radius 2 is 1.68 bits per heavy atom. The van der Waals surface area contributed by atoms with Gasteiger partial charge in [-0.25, -0.2) is 8.42 Å². The summed E-state index contributed by atoms with van der Waals surface area (Å²) in [6.45, 7) is 2.92. The minimum Gasteiger partial charge on any atom is -0.371 e. The van der Waals surface area contributed by atoms with Gasteiger partial charge >= 0.3 is 0 Å². The maximum absolute atomic E-state index is 13.3. The average molecular weight is 353 g/mol. The van der Waals surface area contributed by atoms with E-state index in [-0.39, 0.29) is 6.10 Å². The van der Waals surface area contributed by atoms with Gasteiger partial charge in [-0.3, -0.25) is 4.31 Å². The third-order valence-corrected chi connectivity index (χ3v) is 6.19. The summed E-state index contributed by atoms with van der Waals surface area (Å²) in [5.41, 5.74) is 1.75. The highest BCUT2D eigenvalue weighted by Crippen LogP contribution is 2.28. The van der Waals surface area contributed by atoms with Crippen LogP contribution in [0.25, 0.3) is 10.8 Å². The number of sulfonamides is 1. The zero-order chi connectivity index (χ0) is 17.4. The molecule has 1 aliphatic rings. The van der Waals surface area contributed by atoms with Gasteiger partial charge in [-0.05, 0) is 42.0 Å². The zero-order valence-electron chi connectivity index (χ0n) is 13.9. The summed E-state index contributed by atoms with van der Waals surface area (Å²) in [7, 11) is -3.66. The number of hydrogen-bond donors (Lipinski definition) is 0. The lowest BCUT2D eigenvalue weighted by molar-refractivity contribution is 0.412. The largest absolute Gasteiger partial charge is 0.371 e. The lowest BCUT2D eigenvalue weighted by Crippen LogP contribution is -2.34. The molecule has 25 heavy (non-hydrogen) atoms. The highest BCUT2D eigenvalue weighted by atomic mass is 32.2. The molecule has 0 aromatic heterocycles. The Labute approximate surface area is 147 Å². The Hall–Kier alpha value is -2.37. The monoisotopic (exact) mass is 353 g/mol. The second-order valence-electron chi connectivity index (χ2n) is 6.34. The molecular formula is C20H19NO3S. The number of hydrogen-bond acceptors (Lipinski definition) is 3. The van der Waals surface area contributed by atoms with Crippen molar-refractivity contribution in [3.05, 3.63) is 72.3 Å². The van der Waals surface area contributed by atoms with Crippen molar-refractivity contribution in [2.24, 2.45) is 0 Å². The van der Waals surface area contributed by atoms with Gasteiger partial charge in [0.1, 0.15) is 0 Å². The first-order valence-electron chi connectivity index (χ1n) is 8.24. The third-order valence-electron chi connectivity index (χ3n) is 4.40. The van der Waals surface area contributed by atoms with Gasteiger partial charge in [0, 0.05) is 0 Å². The summed E-state index contributed by atoms with van der Waals surface area (Å²) < 4.78 is 33.3. The van der Waals surface area contributed by atoms with Crippen LogP contribution < -0.4 is 4.31 Å². The summed E-state index contributed by atoms with van der Waals surface area (Å²) in [6.07, 6.45) is -0.0310. The quantitative estimate of drug-likeness (QED) is 0.657. The van der Waals surface area contributed by atoms with Gasteiger partial charge in [0.25, 0.3) is 10.0 Å². The molecular weight excluding hydrogens is 334 g/mol. The Morgan fingerprint density at radius 3 is 2.36 bits per heavy atom. The van der Waals surface area contributed by atoms with Crippen LogP contribution in [0.3, 0.4) is 0 Å². The molecule has 0 saturated carbocycles. The fourth-order valence-electron chi connectivity index (χ4n) is 2.87. The molecule has 5 heteroatoms. The van der Waals surface area contributed by atoms with Crippen LogP contribution in [0.2, 0.25) is 0 Å². The van der Waals surface area contributed by atoms with E-state index in [2.05, 4.69) is 0 Å². The standard InChI is InChI=1S/C20H19NO3S/c1-15-6-9-18(10-7-15)21(13-19-14-24-19)25(22,23)20-11-8-16-4-2-3-5-17(16)12-20/h2-12,19H,13-14H2,1H3/t19-/m1/s1. The molecule has 0 aliphatic carbocycles. The molecule has 1 heterocycles. The summed E-state index contributed by atoms with van der Waals surface area (Å²) in [5, 5.41) is 1.93. The van der Waals surface area contributed by atoms with Crippen molar-refractivity contribution in [3.8, 4) is 0 Å². The highest BCUT2D eigenvalue weighted by molar-refractivity contribution is 7.92. The molecule has 0 amide bonds. The number of rotatable bonds is 5. The normalized spacial score (nSPS) is 16.8. The molecule has 0 N–H and O–H groups in total. The summed E-state index contributed by atoms with van der Waals surface area (Å²) >= 11 is 0. The Morgan fingerprint density at radius 1 is 1.00 bits per heavy atom. The summed E-state index contributed by atoms with van der Waals surface area (Å²) in [5.74, 6) is 0. The predicted molar refractivity (Wildman–Crippen MR) is 99.4 cm³/mol. The number of fused-ring (bicyclic) bond motifs is 1. The molecule has 0 bridgehead atoms. The summed E-state index contributed by atoms with van der Waals surface area (Å²) in [6, 6.07) is 20.5. The molecule has 3 aromatic carbocycles. The molecule has 0 spiro atoms. The smallest absolute Gasteiger partial charge is 0.264 e. The number of ether oxygens (including phenoxy) is 1. The first-order valence-corrected chi connectivity index (χ1v) is 9.68. The third kappa shape index (κ3) is 3.25. The minimum atomic E-state index is -3.66. The fourth-order valence-corrected chi connectivity index (χ4v) is 4.40. The molecule has 3 aromatic rings. The lowest BCUT2D eigenvalue weighted by atomic mass is 10.1. The number of nitrogens with zero attached hydrogens (tertiary/aromatic N) is 1. The van der Waals surface area contributed by atoms with Crippen molar-refractivity contribution in [1.29, 1.82) is 0 Å². The van der Waals surface area contributed by atoms with Gasteiger partial charge in [-0.2, -0.15) is 0 Å². The Balaban J connectivity index is 1.78. The van der Waals surface area contributed by atoms with Gasteiger partial charge in [-0.1, -0.05) is 48.0 Å². The maximum atomic E-state index is 13.3. The van der Waals surface area contributed by atoms with Gasteiger partial charge in [0.05, 0.1) is 29.8 Å². The molecule has 128 valence electrons. The minimum absolute atomic E-state index is 0.0310. The van der Waals surface area contributed by atoms with Gasteiger partial charge in [-0.15, -0.1) is 0 Å². The topological polar surface area (TPSA) is 49.9 Å². The van der Waals surface area contributed by atoms with E-state index in [1.807, 2.05) is 61.5 Å². The van der Waals surface area contributed by atoms with E-state index in [0.717, 1.165) is 16.3 Å². The van der Waals surface area contributed by atoms with E-state index in [1.165, 1.54) is 4.31 Å². The molecule has 0 radical (unpaired) electrons. The van der Waals surface area contributed by atoms with Crippen molar-refractivity contribution >= 4 is 26.5 Å². The zero-order valence-corrected chi connectivity index (χ0v) is 14.7. The molecule has 4 nitrogen and oxygen atoms in total. The summed E-state index contributed by atoms with van der Waals surface area (Å²) in [4.78, 5) is 0.299. The fraction of sp³-hybridized carbons (Fsp3) is 0.200. The number of aryl methyl sites for hydroxylation is 1. The number of anilines is 1. The van der Waals surface area contributed by atoms with Crippen molar-refractivity contribution in [2.45, 2.75) is 17.9 Å². The SMILES string of the molecule is Cc1ccc(N(C[C@@H]2CO2)S(=O)(=O)c2ccc3ccccc3c2)cc1. The van der Waals surface area contributed by atoms with Crippen LogP contribution in [0, 0.1) is 6.92 Å². The van der Waals surface area contributed by atoms with Gasteiger partial charge < -0.3 is 4.74 Å². The van der Waals surface area contributed by atoms with E-state index in [9.17, 15) is 8.42 Å². The highest BCUT2D eigenvalue weighted by Gasteiger charge is 2.33. The molecule has 0 unspecified atom stereocenters. The van der Waals surface area contributed by atoms with Crippen LogP contribution in [-0.4, -0.2) is 27.7 Å². The van der Waals surface area contributed by atoms with E-state index >= 15 is 0 Å². The van der Waals surface area contributed by atoms with Crippen LogP contribution in [-0.2, 0) is 14.8 Å². The Kier molecular flexibility index (Phi) is 3.98. The number of benzene rings is 3. The predicted octanol–water partition coefficient (Wildman–Crippen LogP) is 3.74. The van der Waals surface area contributed by atoms with E-state index in [1.54, 1.807) is 12.1 Å². The molecule has 1 saturated heterocycles. The Bertz CT molecular complexity index is 1010. The van der Waals surface area contributed by atoms with E-state index in [0.29, 0.717) is 23.7 Å². The number of epoxide rings is 1. The molecule has 4 rings (SSSR count). The van der Waals surface area contributed by atoms with Crippen molar-refractivity contribution < 1.29 is 13.2 Å². The van der Waals surface area contributed by atoms with E-state index in [4.69, 9.17) is 4.74 Å². The average Bonchev–Trinajstić information content (AvgIpc) is 3.44. The molecule has 1 aliphatic heterocycles. The van der Waals surface area contributed by atoms with Gasteiger partial charge in [0.2, 0.25) is 0 Å². The lowest BCUT2D eigenvalue weighted by Gasteiger charge is -2.24. The van der Waals surface area contributed by atoms with Crippen LogP contribution >= 0.6 is 0 Å². The van der Waals surface area contributed by atoms with Crippen molar-refractivity contribution in [1.82, 2.24) is 0 Å². The second-order valence-corrected chi connectivity index (χ2v) is 8.20. The van der Waals surface area contributed by atoms with Crippen molar-refractivity contribution in [2.75, 3.05) is 17.5 Å². The maximum Gasteiger partial charge on any atom is 0.264 e. The van der Waals surface area contributed by atoms with Crippen LogP contribution in [0.5, 0.6) is 0 Å². The van der Waals surface area contributed by atoms with Crippen LogP contribution in [0.15, 0.2) is 71.6 Å². The molecule has 1 atom stereocenters. The van der Waals surface area contributed by atoms with Crippen molar-refractivity contribution in [3.63, 3.8) is 0 Å². The first-order chi connectivity index (χ1) is 12.0. The van der Waals surface area contributed by atoms with E-state index < -0.39 is 10.0 Å². The van der Waals surface area contributed by atoms with Crippen LogP contribution in [0.4, 0.5) is 5.69 Å². The first kappa shape index (κ1) is 16.1. The molecule has 1 fully saturated rings.